The largest absolute Gasteiger partial charge is 0.344 e. The molecule has 0 radical (unpaired) electrons. The molecule has 5 aromatic carbocycles. The highest BCUT2D eigenvalue weighted by Crippen LogP contribution is 2.51. The minimum Gasteiger partial charge on any atom is -0.344 e. The standard InChI is InChI=1S/C51H55N3O6S2/c1-50(2)45(53(32-12-14-34-61(55,56)57)43-28-24-36-16-8-10-20-41(36)47(43)50)30-26-38-22-23-39(49(38)52-40-18-6-5-7-19-40)27-31-46-51(3,4)48-42-21-11-9-17-37(42)25-29-44(48)54(46)33-13-15-35-62(58,59)60/h5-11,16-21,24-30H,12-15,22-23,31-35H2,1-4H3,(H-,55,56,57,58,59,60)/p+1. The summed E-state index contributed by atoms with van der Waals surface area (Å²) in [5.41, 5.74) is 10.6. The Labute approximate surface area is 366 Å². The summed E-state index contributed by atoms with van der Waals surface area (Å²) >= 11 is 0. The Bertz CT molecular complexity index is 2940. The first-order valence-corrected chi connectivity index (χ1v) is 24.9. The molecule has 0 amide bonds. The zero-order chi connectivity index (χ0) is 43.9. The van der Waals surface area contributed by atoms with Gasteiger partial charge >= 0.3 is 0 Å². The van der Waals surface area contributed by atoms with E-state index in [4.69, 9.17) is 4.99 Å². The molecule has 1 aliphatic carbocycles. The van der Waals surface area contributed by atoms with Gasteiger partial charge in [-0.25, -0.2) is 4.99 Å². The number of anilines is 1. The number of hydrogen-bond donors (Lipinski definition) is 2. The van der Waals surface area contributed by atoms with Gasteiger partial charge in [0, 0.05) is 47.8 Å². The van der Waals surface area contributed by atoms with E-state index >= 15 is 0 Å². The number of fused-ring (bicyclic) bond motifs is 6. The Balaban J connectivity index is 1.18. The maximum Gasteiger partial charge on any atom is 0.264 e. The molecular weight excluding hydrogens is 815 g/mol. The van der Waals surface area contributed by atoms with Gasteiger partial charge in [0.25, 0.3) is 20.2 Å². The molecule has 1 saturated carbocycles. The SMILES string of the molecule is CC1(C)C(=CC=C2CCC(=CCC3=[N+](CCCCS(=O)(=O)O)c4ccc5ccccc5c4C3(C)C)C2=Nc2ccccc2)N(CCCCS(=O)(=O)O)c2ccc3ccccc3c21. The fourth-order valence-electron chi connectivity index (χ4n) is 10.0. The van der Waals surface area contributed by atoms with Gasteiger partial charge in [-0.05, 0) is 115 Å². The van der Waals surface area contributed by atoms with Crippen LogP contribution in [-0.2, 0) is 31.1 Å². The van der Waals surface area contributed by atoms with Crippen LogP contribution in [0.4, 0.5) is 17.1 Å². The molecule has 2 N–H and O–H groups in total. The third-order valence-electron chi connectivity index (χ3n) is 12.9. The predicted molar refractivity (Wildman–Crippen MR) is 254 cm³/mol. The van der Waals surface area contributed by atoms with Crippen LogP contribution >= 0.6 is 0 Å². The molecule has 8 rings (SSSR count). The first-order valence-electron chi connectivity index (χ1n) is 21.6. The second kappa shape index (κ2) is 17.2. The number of nitrogens with zero attached hydrogens (tertiary/aromatic N) is 3. The van der Waals surface area contributed by atoms with Crippen LogP contribution in [0.15, 0.2) is 143 Å². The molecular formula is C51H56N3O6S2+. The number of para-hydroxylation sites is 1. The van der Waals surface area contributed by atoms with Crippen molar-refractivity contribution < 1.29 is 30.5 Å². The summed E-state index contributed by atoms with van der Waals surface area (Å²) in [6.07, 6.45) is 11.1. The van der Waals surface area contributed by atoms with E-state index in [1.54, 1.807) is 0 Å². The summed E-state index contributed by atoms with van der Waals surface area (Å²) in [5, 5.41) is 4.76. The molecule has 0 saturated heterocycles. The van der Waals surface area contributed by atoms with Gasteiger partial charge in [-0.15, -0.1) is 0 Å². The Morgan fingerprint density at radius 1 is 0.661 bits per heavy atom. The van der Waals surface area contributed by atoms with E-state index in [2.05, 4.69) is 128 Å². The number of benzene rings is 5. The first kappa shape index (κ1) is 43.4. The molecule has 322 valence electrons. The van der Waals surface area contributed by atoms with Crippen LogP contribution in [0.3, 0.4) is 0 Å². The molecule has 1 fully saturated rings. The molecule has 5 aromatic rings. The Morgan fingerprint density at radius 3 is 1.94 bits per heavy atom. The van der Waals surface area contributed by atoms with Crippen molar-refractivity contribution in [2.75, 3.05) is 29.5 Å². The van der Waals surface area contributed by atoms with Gasteiger partial charge in [0.05, 0.1) is 28.3 Å². The van der Waals surface area contributed by atoms with E-state index in [9.17, 15) is 25.9 Å². The summed E-state index contributed by atoms with van der Waals surface area (Å²) in [6.45, 7) is 10.3. The van der Waals surface area contributed by atoms with Crippen LogP contribution in [0, 0.1) is 0 Å². The average molecular weight is 871 g/mol. The summed E-state index contributed by atoms with van der Waals surface area (Å²) in [4.78, 5) is 7.63. The van der Waals surface area contributed by atoms with Crippen molar-refractivity contribution >= 4 is 70.3 Å². The lowest BCUT2D eigenvalue weighted by molar-refractivity contribution is -0.440. The first-order chi connectivity index (χ1) is 29.5. The normalized spacial score (nSPS) is 19.8. The number of rotatable bonds is 14. The molecule has 0 aromatic heterocycles. The van der Waals surface area contributed by atoms with E-state index in [0.717, 1.165) is 46.9 Å². The minimum atomic E-state index is -4.05. The van der Waals surface area contributed by atoms with Crippen LogP contribution in [0.1, 0.15) is 83.8 Å². The molecule has 2 heterocycles. The molecule has 0 bridgehead atoms. The predicted octanol–water partition coefficient (Wildman–Crippen LogP) is 11.2. The third-order valence-corrected chi connectivity index (χ3v) is 14.6. The lowest BCUT2D eigenvalue weighted by Gasteiger charge is -2.27. The average Bonchev–Trinajstić information content (AvgIpc) is 3.79. The fraction of sp³-hybridized carbons (Fsp3) is 0.333. The van der Waals surface area contributed by atoms with Crippen molar-refractivity contribution in [1.82, 2.24) is 0 Å². The van der Waals surface area contributed by atoms with Crippen molar-refractivity contribution in [2.24, 2.45) is 4.99 Å². The van der Waals surface area contributed by atoms with Crippen molar-refractivity contribution in [3.63, 3.8) is 0 Å². The van der Waals surface area contributed by atoms with Gasteiger partial charge in [0.1, 0.15) is 6.54 Å². The van der Waals surface area contributed by atoms with Gasteiger partial charge in [-0.3, -0.25) is 9.11 Å². The summed E-state index contributed by atoms with van der Waals surface area (Å²) in [6, 6.07) is 35.7. The zero-order valence-electron chi connectivity index (χ0n) is 36.0. The van der Waals surface area contributed by atoms with E-state index < -0.39 is 20.2 Å². The molecule has 62 heavy (non-hydrogen) atoms. The monoisotopic (exact) mass is 870 g/mol. The summed E-state index contributed by atoms with van der Waals surface area (Å²) in [5.74, 6) is -0.526. The summed E-state index contributed by atoms with van der Waals surface area (Å²) in [7, 11) is -8.10. The van der Waals surface area contributed by atoms with Gasteiger partial charge < -0.3 is 4.90 Å². The quantitative estimate of drug-likeness (QED) is 0.0646. The van der Waals surface area contributed by atoms with Crippen molar-refractivity contribution in [3.8, 4) is 0 Å². The highest BCUT2D eigenvalue weighted by atomic mass is 32.2. The fourth-order valence-corrected chi connectivity index (χ4v) is 11.2. The molecule has 11 heteroatoms. The highest BCUT2D eigenvalue weighted by molar-refractivity contribution is 7.86. The van der Waals surface area contributed by atoms with Crippen molar-refractivity contribution in [2.45, 2.75) is 83.5 Å². The Morgan fingerprint density at radius 2 is 1.26 bits per heavy atom. The maximum absolute atomic E-state index is 11.6. The molecule has 2 aliphatic heterocycles. The number of allylic oxidation sites excluding steroid dienone is 6. The van der Waals surface area contributed by atoms with Crippen LogP contribution in [0.25, 0.3) is 21.5 Å². The smallest absolute Gasteiger partial charge is 0.264 e. The Kier molecular flexibility index (Phi) is 12.0. The number of hydrogen-bond acceptors (Lipinski definition) is 6. The van der Waals surface area contributed by atoms with Crippen LogP contribution in [0.2, 0.25) is 0 Å². The second-order valence-corrected chi connectivity index (χ2v) is 21.0. The zero-order valence-corrected chi connectivity index (χ0v) is 37.6. The molecule has 0 unspecified atom stereocenters. The van der Waals surface area contributed by atoms with E-state index in [1.165, 1.54) is 44.0 Å². The van der Waals surface area contributed by atoms with Gasteiger partial charge in [0.15, 0.2) is 5.71 Å². The second-order valence-electron chi connectivity index (χ2n) is 17.8. The minimum absolute atomic E-state index is 0.259. The van der Waals surface area contributed by atoms with E-state index in [-0.39, 0.29) is 22.3 Å². The van der Waals surface area contributed by atoms with E-state index in [0.29, 0.717) is 45.2 Å². The molecule has 3 aliphatic rings. The molecule has 0 atom stereocenters. The number of aliphatic imine (C=N–C) groups is 1. The van der Waals surface area contributed by atoms with Gasteiger partial charge in [0.2, 0.25) is 5.69 Å². The summed E-state index contributed by atoms with van der Waals surface area (Å²) < 4.78 is 67.7. The highest BCUT2D eigenvalue weighted by Gasteiger charge is 2.46. The lowest BCUT2D eigenvalue weighted by Crippen LogP contribution is -2.29. The topological polar surface area (TPSA) is 127 Å². The van der Waals surface area contributed by atoms with Gasteiger partial charge in [-0.2, -0.15) is 21.4 Å². The van der Waals surface area contributed by atoms with Crippen molar-refractivity contribution in [1.29, 1.82) is 0 Å². The van der Waals surface area contributed by atoms with E-state index in [1.807, 2.05) is 30.3 Å². The third kappa shape index (κ3) is 8.86. The van der Waals surface area contributed by atoms with Crippen LogP contribution < -0.4 is 4.90 Å². The number of unbranched alkanes of at least 4 members (excludes halogenated alkanes) is 2. The Hall–Kier alpha value is -5.20. The lowest BCUT2D eigenvalue weighted by atomic mass is 9.78. The molecule has 9 nitrogen and oxygen atoms in total. The molecule has 0 spiro atoms. The van der Waals surface area contributed by atoms with Crippen LogP contribution in [-0.4, -0.2) is 66.5 Å². The van der Waals surface area contributed by atoms with Crippen molar-refractivity contribution in [3.05, 3.63) is 149 Å². The van der Waals surface area contributed by atoms with Gasteiger partial charge in [-0.1, -0.05) is 98.8 Å². The van der Waals surface area contributed by atoms with Crippen LogP contribution in [0.5, 0.6) is 0 Å². The maximum atomic E-state index is 11.6.